The molecule has 4 atom stereocenters. The Morgan fingerprint density at radius 3 is 2.64 bits per heavy atom. The van der Waals surface area contributed by atoms with Gasteiger partial charge in [0.1, 0.15) is 5.60 Å². The highest BCUT2D eigenvalue weighted by Gasteiger charge is 2.68. The molecule has 1 saturated carbocycles. The molecule has 3 heterocycles. The van der Waals surface area contributed by atoms with Crippen LogP contribution < -0.4 is 5.32 Å². The zero-order valence-corrected chi connectivity index (χ0v) is 19.8. The summed E-state index contributed by atoms with van der Waals surface area (Å²) in [5, 5.41) is 11.9. The van der Waals surface area contributed by atoms with Crippen LogP contribution in [0.5, 0.6) is 0 Å². The maximum Gasteiger partial charge on any atom is 0.411 e. The lowest BCUT2D eigenvalue weighted by Crippen LogP contribution is -2.64. The molecule has 3 aliphatic heterocycles. The molecule has 0 aromatic heterocycles. The molecule has 0 bridgehead atoms. The number of carboxylic acid groups (broad SMARTS) is 1. The molecular formula is C24H36N2O7. The maximum absolute atomic E-state index is 13.5. The van der Waals surface area contributed by atoms with Crippen molar-refractivity contribution in [2.24, 2.45) is 11.3 Å². The molecule has 1 aliphatic carbocycles. The van der Waals surface area contributed by atoms with E-state index in [1.165, 1.54) is 0 Å². The molecular weight excluding hydrogens is 428 g/mol. The molecule has 4 rings (SSSR count). The monoisotopic (exact) mass is 464 g/mol. The van der Waals surface area contributed by atoms with E-state index in [2.05, 4.69) is 5.32 Å². The average Bonchev–Trinajstić information content (AvgIpc) is 3.28. The number of carbonyl (C=O) groups excluding carboxylic acids is 2. The maximum atomic E-state index is 13.5. The highest BCUT2D eigenvalue weighted by atomic mass is 16.7. The number of rotatable bonds is 5. The molecule has 9 nitrogen and oxygen atoms in total. The number of allylic oxidation sites excluding steroid dienone is 1. The lowest BCUT2D eigenvalue weighted by Gasteiger charge is -2.53. The minimum Gasteiger partial charge on any atom is -0.481 e. The van der Waals surface area contributed by atoms with Crippen LogP contribution in [0, 0.1) is 11.3 Å². The molecule has 0 radical (unpaired) electrons. The highest BCUT2D eigenvalue weighted by molar-refractivity contribution is 5.87. The number of unbranched alkanes of at least 4 members (excludes halogenated alkanes) is 1. The third-order valence-electron chi connectivity index (χ3n) is 7.36. The average molecular weight is 465 g/mol. The van der Waals surface area contributed by atoms with Gasteiger partial charge >= 0.3 is 12.1 Å². The fraction of sp³-hybridized carbons (Fsp3) is 0.792. The van der Waals surface area contributed by atoms with Crippen molar-refractivity contribution in [2.45, 2.75) is 89.2 Å². The van der Waals surface area contributed by atoms with Crippen LogP contribution in [0.4, 0.5) is 4.79 Å². The number of hydrogen-bond donors (Lipinski definition) is 2. The van der Waals surface area contributed by atoms with Gasteiger partial charge in [-0.1, -0.05) is 12.2 Å². The van der Waals surface area contributed by atoms with Crippen LogP contribution in [0.2, 0.25) is 0 Å². The summed E-state index contributed by atoms with van der Waals surface area (Å²) in [6.07, 6.45) is 7.03. The minimum absolute atomic E-state index is 0.00747. The number of carbonyl (C=O) groups is 3. The topological polar surface area (TPSA) is 114 Å². The van der Waals surface area contributed by atoms with Gasteiger partial charge < -0.3 is 24.6 Å². The summed E-state index contributed by atoms with van der Waals surface area (Å²) < 4.78 is 17.9. The molecule has 4 aliphatic rings. The van der Waals surface area contributed by atoms with E-state index >= 15 is 0 Å². The number of ether oxygens (including phenoxy) is 3. The van der Waals surface area contributed by atoms with Gasteiger partial charge in [-0.2, -0.15) is 0 Å². The molecule has 0 unspecified atom stereocenters. The lowest BCUT2D eigenvalue weighted by molar-refractivity contribution is -0.220. The summed E-state index contributed by atoms with van der Waals surface area (Å²) in [6.45, 7) is 7.12. The summed E-state index contributed by atoms with van der Waals surface area (Å²) in [4.78, 5) is 39.4. The molecule has 0 aromatic rings. The Labute approximate surface area is 194 Å². The first-order valence-electron chi connectivity index (χ1n) is 12.0. The van der Waals surface area contributed by atoms with Crippen LogP contribution in [-0.4, -0.2) is 71.2 Å². The van der Waals surface area contributed by atoms with E-state index in [-0.39, 0.29) is 24.3 Å². The van der Waals surface area contributed by atoms with Crippen molar-refractivity contribution in [2.75, 3.05) is 19.8 Å². The van der Waals surface area contributed by atoms with Crippen molar-refractivity contribution < 1.29 is 33.7 Å². The van der Waals surface area contributed by atoms with Gasteiger partial charge in [0.25, 0.3) is 0 Å². The molecule has 2 amide bonds. The summed E-state index contributed by atoms with van der Waals surface area (Å²) >= 11 is 0. The number of carboxylic acids is 1. The standard InChI is InChI=1S/C24H36N2O7/c1-22(2,3)33-21(30)26-17(7-5-4-6-8-19(27)28)14-24-16(9-10-25-20(24)29)13-23(15-18(24)26)31-11-12-32-23/h5,7,16-18H,4,6,8-15H2,1-3H3,(H,25,29)(H,27,28)/b7-5-/t16-,17-,18-,24-/m0/s1. The van der Waals surface area contributed by atoms with Gasteiger partial charge in [-0.05, 0) is 52.4 Å². The van der Waals surface area contributed by atoms with Gasteiger partial charge in [0.15, 0.2) is 5.79 Å². The Morgan fingerprint density at radius 1 is 1.24 bits per heavy atom. The van der Waals surface area contributed by atoms with Crippen LogP contribution >= 0.6 is 0 Å². The normalized spacial score (nSPS) is 33.1. The Kier molecular flexibility index (Phi) is 6.48. The largest absolute Gasteiger partial charge is 0.481 e. The van der Waals surface area contributed by atoms with E-state index in [1.807, 2.05) is 32.9 Å². The smallest absolute Gasteiger partial charge is 0.411 e. The number of likely N-dealkylation sites (tertiary alicyclic amines) is 1. The second-order valence-corrected chi connectivity index (χ2v) is 10.7. The minimum atomic E-state index is -0.826. The zero-order chi connectivity index (χ0) is 23.9. The summed E-state index contributed by atoms with van der Waals surface area (Å²) in [7, 11) is 0. The van der Waals surface area contributed by atoms with E-state index in [9.17, 15) is 14.4 Å². The van der Waals surface area contributed by atoms with E-state index in [4.69, 9.17) is 19.3 Å². The lowest BCUT2D eigenvalue weighted by atomic mass is 9.58. The van der Waals surface area contributed by atoms with Crippen molar-refractivity contribution in [1.29, 1.82) is 0 Å². The van der Waals surface area contributed by atoms with E-state index in [1.54, 1.807) is 4.90 Å². The predicted octanol–water partition coefficient (Wildman–Crippen LogP) is 2.83. The Balaban J connectivity index is 1.67. The summed E-state index contributed by atoms with van der Waals surface area (Å²) in [5.41, 5.74) is -1.39. The van der Waals surface area contributed by atoms with Crippen molar-refractivity contribution in [3.05, 3.63) is 12.2 Å². The second kappa shape index (κ2) is 8.91. The Morgan fingerprint density at radius 2 is 1.97 bits per heavy atom. The van der Waals surface area contributed by atoms with Crippen molar-refractivity contribution in [1.82, 2.24) is 10.2 Å². The zero-order valence-electron chi connectivity index (χ0n) is 19.8. The van der Waals surface area contributed by atoms with Gasteiger partial charge in [-0.15, -0.1) is 0 Å². The van der Waals surface area contributed by atoms with Crippen LogP contribution in [0.3, 0.4) is 0 Å². The Bertz CT molecular complexity index is 814. The number of nitrogens with zero attached hydrogens (tertiary/aromatic N) is 1. The van der Waals surface area contributed by atoms with Gasteiger partial charge in [0.05, 0.1) is 30.7 Å². The van der Waals surface area contributed by atoms with Gasteiger partial charge in [0, 0.05) is 25.8 Å². The Hall–Kier alpha value is -2.13. The molecule has 33 heavy (non-hydrogen) atoms. The predicted molar refractivity (Wildman–Crippen MR) is 118 cm³/mol. The third-order valence-corrected chi connectivity index (χ3v) is 7.36. The fourth-order valence-corrected chi connectivity index (χ4v) is 6.12. The molecule has 9 heteroatoms. The van der Waals surface area contributed by atoms with Gasteiger partial charge in [-0.25, -0.2) is 4.79 Å². The molecule has 0 aromatic carbocycles. The van der Waals surface area contributed by atoms with E-state index in [0.29, 0.717) is 51.9 Å². The number of hydrogen-bond acceptors (Lipinski definition) is 6. The molecule has 184 valence electrons. The van der Waals surface area contributed by atoms with Gasteiger partial charge in [0.2, 0.25) is 5.91 Å². The first-order valence-corrected chi connectivity index (χ1v) is 12.0. The van der Waals surface area contributed by atoms with Crippen LogP contribution in [0.25, 0.3) is 0 Å². The molecule has 3 saturated heterocycles. The van der Waals surface area contributed by atoms with E-state index in [0.717, 1.165) is 6.42 Å². The van der Waals surface area contributed by atoms with Gasteiger partial charge in [-0.3, -0.25) is 14.5 Å². The summed E-state index contributed by atoms with van der Waals surface area (Å²) in [5.74, 6) is -1.56. The number of amides is 2. The number of aliphatic carboxylic acids is 1. The fourth-order valence-electron chi connectivity index (χ4n) is 6.12. The molecule has 2 N–H and O–H groups in total. The molecule has 4 fully saturated rings. The SMILES string of the molecule is CC(C)(C)OC(=O)N1[C@H]2CC3(C[C@@H]4CCNC(=O)[C@@]42C[C@@H]1/C=C\CCCC(=O)O)OCCO3. The first kappa shape index (κ1) is 24.0. The summed E-state index contributed by atoms with van der Waals surface area (Å²) in [6, 6.07) is -0.726. The number of nitrogens with one attached hydrogen (secondary N) is 1. The third kappa shape index (κ3) is 4.62. The van der Waals surface area contributed by atoms with Crippen LogP contribution in [-0.2, 0) is 23.8 Å². The van der Waals surface area contributed by atoms with Crippen molar-refractivity contribution >= 4 is 18.0 Å². The number of piperidine rings is 1. The second-order valence-electron chi connectivity index (χ2n) is 10.7. The quantitative estimate of drug-likeness (QED) is 0.475. The van der Waals surface area contributed by atoms with Crippen LogP contribution in [0.15, 0.2) is 12.2 Å². The highest BCUT2D eigenvalue weighted by Crippen LogP contribution is 2.59. The first-order chi connectivity index (χ1) is 15.6. The van der Waals surface area contributed by atoms with Crippen molar-refractivity contribution in [3.8, 4) is 0 Å². The van der Waals surface area contributed by atoms with Crippen molar-refractivity contribution in [3.63, 3.8) is 0 Å². The van der Waals surface area contributed by atoms with Crippen LogP contribution in [0.1, 0.15) is 65.7 Å². The molecule has 2 spiro atoms. The van der Waals surface area contributed by atoms with E-state index < -0.39 is 34.9 Å².